The second kappa shape index (κ2) is 5.86. The van der Waals surface area contributed by atoms with Crippen molar-refractivity contribution < 1.29 is 9.31 Å². The van der Waals surface area contributed by atoms with Gasteiger partial charge in [-0.1, -0.05) is 13.3 Å². The molecule has 0 atom stereocenters. The maximum Gasteiger partial charge on any atom is 0.445 e. The van der Waals surface area contributed by atoms with Gasteiger partial charge < -0.3 is 4.74 Å². The van der Waals surface area contributed by atoms with Crippen LogP contribution in [0.2, 0.25) is 0 Å². The molecular formula is C9H21N2O+. The van der Waals surface area contributed by atoms with Gasteiger partial charge in [0.15, 0.2) is 0 Å². The van der Waals surface area contributed by atoms with E-state index in [-0.39, 0.29) is 0 Å². The van der Waals surface area contributed by atoms with Crippen LogP contribution in [0.15, 0.2) is 0 Å². The summed E-state index contributed by atoms with van der Waals surface area (Å²) in [5.74, 6) is 0. The largest absolute Gasteiger partial charge is 0.445 e. The van der Waals surface area contributed by atoms with Crippen LogP contribution >= 0.6 is 0 Å². The molecule has 0 heterocycles. The van der Waals surface area contributed by atoms with E-state index in [0.29, 0.717) is 0 Å². The van der Waals surface area contributed by atoms with Crippen molar-refractivity contribution in [3.05, 3.63) is 0 Å². The van der Waals surface area contributed by atoms with E-state index >= 15 is 0 Å². The van der Waals surface area contributed by atoms with Crippen LogP contribution < -0.4 is 0 Å². The lowest BCUT2D eigenvalue weighted by molar-refractivity contribution is -0.480. The summed E-state index contributed by atoms with van der Waals surface area (Å²) < 4.78 is 7.56. The number of rotatable bonds is 3. The van der Waals surface area contributed by atoms with Crippen LogP contribution in [-0.2, 0) is 4.74 Å². The van der Waals surface area contributed by atoms with Crippen LogP contribution in [0.5, 0.6) is 0 Å². The Kier molecular flexibility index (Phi) is 5.51. The van der Waals surface area contributed by atoms with Gasteiger partial charge in [0.25, 0.3) is 0 Å². The molecule has 0 spiro atoms. The van der Waals surface area contributed by atoms with E-state index in [9.17, 15) is 0 Å². The third-order valence-corrected chi connectivity index (χ3v) is 1.49. The van der Waals surface area contributed by atoms with Crippen molar-refractivity contribution >= 4 is 6.02 Å². The second-order valence-corrected chi connectivity index (χ2v) is 3.27. The monoisotopic (exact) mass is 173 g/mol. The van der Waals surface area contributed by atoms with Gasteiger partial charge in [-0.2, -0.15) is 0 Å². The van der Waals surface area contributed by atoms with Crippen LogP contribution in [0.3, 0.4) is 0 Å². The average Bonchev–Trinajstić information content (AvgIpc) is 1.96. The minimum atomic E-state index is 0.808. The molecule has 0 aliphatic rings. The number of ether oxygens (including phenoxy) is 1. The van der Waals surface area contributed by atoms with Gasteiger partial charge in [-0.05, 0) is 6.42 Å². The number of amidine groups is 1. The maximum absolute atomic E-state index is 5.57. The maximum atomic E-state index is 5.57. The fraction of sp³-hybridized carbons (Fsp3) is 0.889. The number of hydrogen-bond acceptors (Lipinski definition) is 1. The highest BCUT2D eigenvalue weighted by Gasteiger charge is 2.11. The number of unbranched alkanes of at least 4 members (excludes halogenated alkanes) is 1. The van der Waals surface area contributed by atoms with E-state index in [2.05, 4.69) is 6.92 Å². The van der Waals surface area contributed by atoms with Crippen molar-refractivity contribution in [3.8, 4) is 0 Å². The van der Waals surface area contributed by atoms with Crippen LogP contribution in [0.25, 0.3) is 0 Å². The minimum absolute atomic E-state index is 0.808. The van der Waals surface area contributed by atoms with Gasteiger partial charge in [-0.15, -0.1) is 0 Å². The van der Waals surface area contributed by atoms with Gasteiger partial charge in [0.2, 0.25) is 0 Å². The molecule has 0 aromatic carbocycles. The molecule has 0 bridgehead atoms. The van der Waals surface area contributed by atoms with E-state index in [0.717, 1.165) is 19.0 Å². The topological polar surface area (TPSA) is 15.5 Å². The van der Waals surface area contributed by atoms with E-state index in [1.807, 2.05) is 37.7 Å². The predicted molar refractivity (Wildman–Crippen MR) is 51.7 cm³/mol. The molecule has 0 aliphatic heterocycles. The molecule has 3 nitrogen and oxygen atoms in total. The van der Waals surface area contributed by atoms with Gasteiger partial charge in [0.05, 0.1) is 34.8 Å². The van der Waals surface area contributed by atoms with Crippen LogP contribution in [0, 0.1) is 0 Å². The molecule has 0 saturated carbocycles. The quantitative estimate of drug-likeness (QED) is 0.274. The van der Waals surface area contributed by atoms with Crippen molar-refractivity contribution in [2.75, 3.05) is 34.8 Å². The number of hydrogen-bond donors (Lipinski definition) is 0. The summed E-state index contributed by atoms with van der Waals surface area (Å²) in [6.45, 7) is 2.97. The van der Waals surface area contributed by atoms with Crippen LogP contribution in [0.1, 0.15) is 19.8 Å². The Morgan fingerprint density at radius 1 is 1.33 bits per heavy atom. The summed E-state index contributed by atoms with van der Waals surface area (Å²) >= 11 is 0. The molecular weight excluding hydrogens is 152 g/mol. The Balaban J connectivity index is 3.91. The fourth-order valence-corrected chi connectivity index (χ4v) is 0.966. The zero-order chi connectivity index (χ0) is 9.56. The third-order valence-electron chi connectivity index (χ3n) is 1.49. The zero-order valence-electron chi connectivity index (χ0n) is 8.92. The normalized spacial score (nSPS) is 9.42. The van der Waals surface area contributed by atoms with Crippen molar-refractivity contribution in [1.82, 2.24) is 4.90 Å². The highest BCUT2D eigenvalue weighted by Crippen LogP contribution is 1.91. The molecule has 0 N–H and O–H groups in total. The number of nitrogens with zero attached hydrogens (tertiary/aromatic N) is 2. The first kappa shape index (κ1) is 11.3. The van der Waals surface area contributed by atoms with Gasteiger partial charge in [0.1, 0.15) is 0 Å². The standard InChI is InChI=1S/C9H21N2O/c1-6-7-8-12-9(10(2)3)11(4)5/h6-8H2,1-5H3/q+1. The second-order valence-electron chi connectivity index (χ2n) is 3.27. The summed E-state index contributed by atoms with van der Waals surface area (Å²) in [5, 5.41) is 0. The van der Waals surface area contributed by atoms with E-state index in [4.69, 9.17) is 4.74 Å². The highest BCUT2D eigenvalue weighted by atomic mass is 16.5. The molecule has 0 amide bonds. The molecule has 0 saturated heterocycles. The van der Waals surface area contributed by atoms with Crippen LogP contribution in [0.4, 0.5) is 0 Å². The van der Waals surface area contributed by atoms with Gasteiger partial charge in [-0.25, -0.2) is 9.48 Å². The summed E-state index contributed by atoms with van der Waals surface area (Å²) in [7, 11) is 7.95. The molecule has 0 aromatic rings. The SMILES string of the molecule is CCCCOC(N(C)C)=[N+](C)C. The Bertz CT molecular complexity index is 149. The summed E-state index contributed by atoms with van der Waals surface area (Å²) in [6.07, 6.45) is 2.29. The lowest BCUT2D eigenvalue weighted by Crippen LogP contribution is -2.32. The third kappa shape index (κ3) is 4.21. The molecule has 3 heteroatoms. The smallest absolute Gasteiger partial charge is 0.432 e. The lowest BCUT2D eigenvalue weighted by atomic mass is 10.4. The van der Waals surface area contributed by atoms with E-state index in [1.54, 1.807) is 0 Å². The Morgan fingerprint density at radius 2 is 1.92 bits per heavy atom. The Morgan fingerprint density at radius 3 is 2.25 bits per heavy atom. The first-order valence-corrected chi connectivity index (χ1v) is 4.44. The Labute approximate surface area is 75.6 Å². The molecule has 0 aliphatic carbocycles. The van der Waals surface area contributed by atoms with Gasteiger partial charge in [-0.3, -0.25) is 0 Å². The van der Waals surface area contributed by atoms with Gasteiger partial charge >= 0.3 is 6.02 Å². The Hall–Kier alpha value is -0.730. The van der Waals surface area contributed by atoms with E-state index in [1.165, 1.54) is 6.42 Å². The minimum Gasteiger partial charge on any atom is -0.432 e. The molecule has 0 aromatic heterocycles. The predicted octanol–water partition coefficient (Wildman–Crippen LogP) is 0.993. The van der Waals surface area contributed by atoms with Crippen LogP contribution in [-0.4, -0.2) is 50.3 Å². The van der Waals surface area contributed by atoms with Crippen molar-refractivity contribution in [2.45, 2.75) is 19.8 Å². The van der Waals surface area contributed by atoms with E-state index < -0.39 is 0 Å². The van der Waals surface area contributed by atoms with Gasteiger partial charge in [0, 0.05) is 0 Å². The molecule has 0 radical (unpaired) electrons. The highest BCUT2D eigenvalue weighted by molar-refractivity contribution is 5.67. The first-order chi connectivity index (χ1) is 5.59. The zero-order valence-corrected chi connectivity index (χ0v) is 8.92. The average molecular weight is 173 g/mol. The summed E-state index contributed by atoms with van der Waals surface area (Å²) in [5.41, 5.74) is 0. The molecule has 72 valence electrons. The fourth-order valence-electron chi connectivity index (χ4n) is 0.966. The lowest BCUT2D eigenvalue weighted by Gasteiger charge is -2.11. The summed E-state index contributed by atoms with van der Waals surface area (Å²) in [6, 6.07) is 0.920. The molecule has 0 rings (SSSR count). The van der Waals surface area contributed by atoms with Crippen molar-refractivity contribution in [2.24, 2.45) is 0 Å². The molecule has 12 heavy (non-hydrogen) atoms. The first-order valence-electron chi connectivity index (χ1n) is 4.44. The molecule has 0 fully saturated rings. The summed E-state index contributed by atoms with van der Waals surface area (Å²) in [4.78, 5) is 1.98. The molecule has 0 unspecified atom stereocenters. The van der Waals surface area contributed by atoms with Crippen molar-refractivity contribution in [3.63, 3.8) is 0 Å². The van der Waals surface area contributed by atoms with Crippen molar-refractivity contribution in [1.29, 1.82) is 0 Å².